The third-order valence-electron chi connectivity index (χ3n) is 2.95. The highest BCUT2D eigenvalue weighted by atomic mass is 35.5. The molecule has 2 N–H and O–H groups in total. The van der Waals surface area contributed by atoms with E-state index in [4.69, 9.17) is 10.5 Å². The van der Waals surface area contributed by atoms with Crippen molar-refractivity contribution in [2.45, 2.75) is 12.4 Å². The van der Waals surface area contributed by atoms with Gasteiger partial charge >= 0.3 is 6.36 Å². The molecule has 0 aromatic heterocycles. The Morgan fingerprint density at radius 2 is 1.59 bits per heavy atom. The van der Waals surface area contributed by atoms with Crippen LogP contribution in [-0.4, -0.2) is 13.5 Å². The largest absolute Gasteiger partial charge is 0.573 e. The van der Waals surface area contributed by atoms with Crippen LogP contribution < -0.4 is 15.2 Å². The van der Waals surface area contributed by atoms with E-state index in [9.17, 15) is 13.2 Å². The predicted octanol–water partition coefficient (Wildman–Crippen LogP) is 4.06. The SMILES string of the molecule is COc1ccccc1[C@H](N)c1ccc(OC(F)(F)F)cc1.Cl. The fraction of sp³-hybridized carbons (Fsp3) is 0.200. The Labute approximate surface area is 132 Å². The van der Waals surface area contributed by atoms with E-state index in [0.29, 0.717) is 11.3 Å². The third kappa shape index (κ3) is 4.54. The molecule has 0 saturated carbocycles. The molecule has 0 aliphatic heterocycles. The number of rotatable bonds is 4. The molecule has 2 aromatic carbocycles. The van der Waals surface area contributed by atoms with Crippen LogP contribution in [0.25, 0.3) is 0 Å². The zero-order chi connectivity index (χ0) is 15.5. The maximum absolute atomic E-state index is 12.1. The molecule has 0 aliphatic rings. The van der Waals surface area contributed by atoms with Crippen LogP contribution in [0.1, 0.15) is 17.2 Å². The molecular weight excluding hydrogens is 319 g/mol. The van der Waals surface area contributed by atoms with Gasteiger partial charge in [0.2, 0.25) is 0 Å². The summed E-state index contributed by atoms with van der Waals surface area (Å²) in [5, 5.41) is 0. The molecular formula is C15H15ClF3NO2. The van der Waals surface area contributed by atoms with Gasteiger partial charge in [-0.05, 0) is 23.8 Å². The lowest BCUT2D eigenvalue weighted by molar-refractivity contribution is -0.274. The molecule has 2 aromatic rings. The van der Waals surface area contributed by atoms with Gasteiger partial charge in [0.1, 0.15) is 11.5 Å². The van der Waals surface area contributed by atoms with E-state index >= 15 is 0 Å². The Bertz CT molecular complexity index is 602. The molecule has 7 heteroatoms. The van der Waals surface area contributed by atoms with E-state index in [-0.39, 0.29) is 18.2 Å². The molecule has 0 heterocycles. The van der Waals surface area contributed by atoms with Crippen LogP contribution in [0.2, 0.25) is 0 Å². The Hall–Kier alpha value is -1.92. The van der Waals surface area contributed by atoms with Gasteiger partial charge in [-0.1, -0.05) is 30.3 Å². The molecule has 0 spiro atoms. The fourth-order valence-corrected chi connectivity index (χ4v) is 1.98. The third-order valence-corrected chi connectivity index (χ3v) is 2.95. The standard InChI is InChI=1S/C15H14F3NO2.ClH/c1-20-13-5-3-2-4-12(13)14(19)10-6-8-11(9-7-10)21-15(16,17)18;/h2-9,14H,19H2,1H3;1H/t14-;/m1./s1. The first-order valence-electron chi connectivity index (χ1n) is 6.15. The van der Waals surface area contributed by atoms with Crippen LogP contribution >= 0.6 is 12.4 Å². The molecule has 120 valence electrons. The summed E-state index contributed by atoms with van der Waals surface area (Å²) in [4.78, 5) is 0. The van der Waals surface area contributed by atoms with Crippen molar-refractivity contribution in [2.24, 2.45) is 5.73 Å². The number of alkyl halides is 3. The summed E-state index contributed by atoms with van der Waals surface area (Å²) in [5.41, 5.74) is 7.54. The van der Waals surface area contributed by atoms with E-state index in [0.717, 1.165) is 5.56 Å². The van der Waals surface area contributed by atoms with Crippen LogP contribution in [0.5, 0.6) is 11.5 Å². The molecule has 0 aliphatic carbocycles. The van der Waals surface area contributed by atoms with Gasteiger partial charge in [-0.3, -0.25) is 0 Å². The van der Waals surface area contributed by atoms with Crippen molar-refractivity contribution < 1.29 is 22.6 Å². The number of halogens is 4. The van der Waals surface area contributed by atoms with Crippen LogP contribution in [0.4, 0.5) is 13.2 Å². The monoisotopic (exact) mass is 333 g/mol. The minimum absolute atomic E-state index is 0. The maximum atomic E-state index is 12.1. The Kier molecular flexibility index (Phi) is 6.08. The smallest absolute Gasteiger partial charge is 0.496 e. The highest BCUT2D eigenvalue weighted by molar-refractivity contribution is 5.85. The molecule has 0 radical (unpaired) electrons. The number of para-hydroxylation sites is 1. The number of benzene rings is 2. The van der Waals surface area contributed by atoms with Gasteiger partial charge in [0.15, 0.2) is 0 Å². The van der Waals surface area contributed by atoms with Gasteiger partial charge < -0.3 is 15.2 Å². The number of hydrogen-bond acceptors (Lipinski definition) is 3. The summed E-state index contributed by atoms with van der Waals surface area (Å²) in [6.45, 7) is 0. The molecule has 2 rings (SSSR count). The average molecular weight is 334 g/mol. The lowest BCUT2D eigenvalue weighted by Crippen LogP contribution is -2.17. The second kappa shape index (κ2) is 7.38. The van der Waals surface area contributed by atoms with E-state index in [2.05, 4.69) is 4.74 Å². The summed E-state index contributed by atoms with van der Waals surface area (Å²) in [5.74, 6) is 0.346. The second-order valence-electron chi connectivity index (χ2n) is 4.34. The van der Waals surface area contributed by atoms with Crippen molar-refractivity contribution in [3.63, 3.8) is 0 Å². The van der Waals surface area contributed by atoms with Crippen LogP contribution in [0.15, 0.2) is 48.5 Å². The van der Waals surface area contributed by atoms with Gasteiger partial charge in [-0.15, -0.1) is 25.6 Å². The van der Waals surface area contributed by atoms with Crippen LogP contribution in [-0.2, 0) is 0 Å². The lowest BCUT2D eigenvalue weighted by Gasteiger charge is -2.16. The molecule has 22 heavy (non-hydrogen) atoms. The predicted molar refractivity (Wildman–Crippen MR) is 79.4 cm³/mol. The minimum Gasteiger partial charge on any atom is -0.496 e. The first-order valence-corrected chi connectivity index (χ1v) is 6.15. The molecule has 0 bridgehead atoms. The van der Waals surface area contributed by atoms with Crippen LogP contribution in [0, 0.1) is 0 Å². The zero-order valence-electron chi connectivity index (χ0n) is 11.6. The first kappa shape index (κ1) is 18.1. The van der Waals surface area contributed by atoms with Crippen LogP contribution in [0.3, 0.4) is 0 Å². The minimum atomic E-state index is -4.70. The van der Waals surface area contributed by atoms with Gasteiger partial charge in [0.25, 0.3) is 0 Å². The highest BCUT2D eigenvalue weighted by Crippen LogP contribution is 2.30. The lowest BCUT2D eigenvalue weighted by atomic mass is 9.99. The van der Waals surface area contributed by atoms with Crippen molar-refractivity contribution in [3.05, 3.63) is 59.7 Å². The van der Waals surface area contributed by atoms with Gasteiger partial charge in [0.05, 0.1) is 13.2 Å². The number of methoxy groups -OCH3 is 1. The zero-order valence-corrected chi connectivity index (χ0v) is 12.4. The summed E-state index contributed by atoms with van der Waals surface area (Å²) in [7, 11) is 1.53. The van der Waals surface area contributed by atoms with Crippen molar-refractivity contribution >= 4 is 12.4 Å². The highest BCUT2D eigenvalue weighted by Gasteiger charge is 2.31. The van der Waals surface area contributed by atoms with Crippen molar-refractivity contribution in [1.82, 2.24) is 0 Å². The normalized spacial score (nSPS) is 12.2. The topological polar surface area (TPSA) is 44.5 Å². The number of nitrogens with two attached hydrogens (primary N) is 1. The Balaban J connectivity index is 0.00000242. The molecule has 0 amide bonds. The van der Waals surface area contributed by atoms with Gasteiger partial charge in [-0.25, -0.2) is 0 Å². The molecule has 0 fully saturated rings. The Morgan fingerprint density at radius 3 is 2.14 bits per heavy atom. The maximum Gasteiger partial charge on any atom is 0.573 e. The van der Waals surface area contributed by atoms with Crippen molar-refractivity contribution in [2.75, 3.05) is 7.11 Å². The summed E-state index contributed by atoms with van der Waals surface area (Å²) in [6, 6.07) is 12.2. The summed E-state index contributed by atoms with van der Waals surface area (Å²) >= 11 is 0. The molecule has 3 nitrogen and oxygen atoms in total. The molecule has 0 saturated heterocycles. The van der Waals surface area contributed by atoms with Gasteiger partial charge in [0, 0.05) is 5.56 Å². The average Bonchev–Trinajstić information content (AvgIpc) is 2.45. The summed E-state index contributed by atoms with van der Waals surface area (Å²) in [6.07, 6.45) is -4.70. The summed E-state index contributed by atoms with van der Waals surface area (Å²) < 4.78 is 45.3. The van der Waals surface area contributed by atoms with Crippen molar-refractivity contribution in [1.29, 1.82) is 0 Å². The quantitative estimate of drug-likeness (QED) is 0.917. The van der Waals surface area contributed by atoms with E-state index in [1.54, 1.807) is 6.07 Å². The molecule has 1 atom stereocenters. The van der Waals surface area contributed by atoms with E-state index < -0.39 is 12.4 Å². The fourth-order valence-electron chi connectivity index (χ4n) is 1.98. The van der Waals surface area contributed by atoms with E-state index in [1.807, 2.05) is 18.2 Å². The Morgan fingerprint density at radius 1 is 1.00 bits per heavy atom. The number of ether oxygens (including phenoxy) is 2. The van der Waals surface area contributed by atoms with Gasteiger partial charge in [-0.2, -0.15) is 0 Å². The molecule has 0 unspecified atom stereocenters. The second-order valence-corrected chi connectivity index (χ2v) is 4.34. The van der Waals surface area contributed by atoms with E-state index in [1.165, 1.54) is 31.4 Å². The number of hydrogen-bond donors (Lipinski definition) is 1. The van der Waals surface area contributed by atoms with Crippen molar-refractivity contribution in [3.8, 4) is 11.5 Å². The first-order chi connectivity index (χ1) is 9.90.